The molecule has 1 aliphatic rings. The first-order valence-electron chi connectivity index (χ1n) is 5.86. The molecule has 1 fully saturated rings. The monoisotopic (exact) mass is 262 g/mol. The quantitative estimate of drug-likeness (QED) is 0.768. The van der Waals surface area contributed by atoms with Crippen molar-refractivity contribution in [3.05, 3.63) is 35.9 Å². The van der Waals surface area contributed by atoms with E-state index in [1.807, 2.05) is 30.3 Å². The Kier molecular flexibility index (Phi) is 3.79. The maximum Gasteiger partial charge on any atom is 0.408 e. The van der Waals surface area contributed by atoms with E-state index in [1.54, 1.807) is 0 Å². The highest BCUT2D eigenvalue weighted by atomic mass is 16.5. The van der Waals surface area contributed by atoms with Crippen molar-refractivity contribution < 1.29 is 19.1 Å². The number of rotatable bonds is 4. The van der Waals surface area contributed by atoms with Gasteiger partial charge in [-0.25, -0.2) is 4.79 Å². The Bertz CT molecular complexity index is 501. The molecule has 2 rings (SSSR count). The zero-order chi connectivity index (χ0) is 13.8. The highest BCUT2D eigenvalue weighted by Gasteiger charge is 2.43. The zero-order valence-electron chi connectivity index (χ0n) is 10.4. The Morgan fingerprint density at radius 3 is 2.58 bits per heavy atom. The van der Waals surface area contributed by atoms with Gasteiger partial charge >= 0.3 is 6.09 Å². The lowest BCUT2D eigenvalue weighted by Gasteiger charge is -2.34. The van der Waals surface area contributed by atoms with Crippen molar-refractivity contribution in [3.63, 3.8) is 0 Å². The molecular formula is C13H14N2O4. The summed E-state index contributed by atoms with van der Waals surface area (Å²) in [5.41, 5.74) is 0.846. The predicted octanol–water partition coefficient (Wildman–Crippen LogP) is 0.369. The van der Waals surface area contributed by atoms with Gasteiger partial charge in [0, 0.05) is 0 Å². The smallest absolute Gasteiger partial charge is 0.408 e. The van der Waals surface area contributed by atoms with Gasteiger partial charge in [0.05, 0.1) is 0 Å². The van der Waals surface area contributed by atoms with Crippen molar-refractivity contribution in [1.29, 1.82) is 0 Å². The van der Waals surface area contributed by atoms with Crippen molar-refractivity contribution in [2.45, 2.75) is 25.6 Å². The van der Waals surface area contributed by atoms with E-state index in [4.69, 9.17) is 4.74 Å². The lowest BCUT2D eigenvalue weighted by atomic mass is 9.96. The summed E-state index contributed by atoms with van der Waals surface area (Å²) in [4.78, 5) is 33.9. The molecule has 2 unspecified atom stereocenters. The molecule has 0 aliphatic carbocycles. The van der Waals surface area contributed by atoms with Crippen LogP contribution in [0.5, 0.6) is 0 Å². The number of hydrogen-bond donors (Lipinski definition) is 2. The second-order valence-electron chi connectivity index (χ2n) is 4.28. The summed E-state index contributed by atoms with van der Waals surface area (Å²) in [5, 5.41) is 4.79. The van der Waals surface area contributed by atoms with Crippen LogP contribution < -0.4 is 10.6 Å². The Morgan fingerprint density at radius 2 is 2.00 bits per heavy atom. The minimum atomic E-state index is -0.833. The Balaban J connectivity index is 1.81. The number of hydrogen-bond acceptors (Lipinski definition) is 4. The molecule has 0 saturated carbocycles. The minimum Gasteiger partial charge on any atom is -0.445 e. The van der Waals surface area contributed by atoms with Crippen LogP contribution in [0, 0.1) is 0 Å². The number of carbonyl (C=O) groups excluding carboxylic acids is 3. The Morgan fingerprint density at radius 1 is 1.32 bits per heavy atom. The number of β-lactam (4-membered cyclic amide) rings is 1. The molecule has 0 aromatic heterocycles. The molecule has 1 aromatic carbocycles. The molecule has 19 heavy (non-hydrogen) atoms. The summed E-state index contributed by atoms with van der Waals surface area (Å²) in [7, 11) is 0. The van der Waals surface area contributed by atoms with Crippen LogP contribution in [-0.2, 0) is 20.9 Å². The van der Waals surface area contributed by atoms with E-state index in [2.05, 4.69) is 10.6 Å². The van der Waals surface area contributed by atoms with Crippen LogP contribution in [0.2, 0.25) is 0 Å². The third kappa shape index (κ3) is 3.09. The Hall–Kier alpha value is -2.37. The number of ether oxygens (including phenoxy) is 1. The lowest BCUT2D eigenvalue weighted by Crippen LogP contribution is -2.71. The summed E-state index contributed by atoms with van der Waals surface area (Å²) in [5.74, 6) is -0.579. The van der Waals surface area contributed by atoms with Gasteiger partial charge in [0.1, 0.15) is 18.7 Å². The van der Waals surface area contributed by atoms with Crippen LogP contribution >= 0.6 is 0 Å². The third-order valence-corrected chi connectivity index (χ3v) is 2.84. The summed E-state index contributed by atoms with van der Waals surface area (Å²) >= 11 is 0. The third-order valence-electron chi connectivity index (χ3n) is 2.84. The van der Waals surface area contributed by atoms with E-state index in [-0.39, 0.29) is 18.3 Å². The molecule has 2 amide bonds. The van der Waals surface area contributed by atoms with Crippen molar-refractivity contribution in [2.75, 3.05) is 0 Å². The van der Waals surface area contributed by atoms with Crippen molar-refractivity contribution >= 4 is 17.8 Å². The number of carbonyl (C=O) groups is 3. The normalized spacial score (nSPS) is 21.0. The van der Waals surface area contributed by atoms with E-state index in [0.717, 1.165) is 5.56 Å². The van der Waals surface area contributed by atoms with Gasteiger partial charge in [-0.05, 0) is 12.5 Å². The molecule has 1 aliphatic heterocycles. The van der Waals surface area contributed by atoms with Gasteiger partial charge in [-0.2, -0.15) is 0 Å². The number of nitrogens with one attached hydrogen (secondary N) is 2. The lowest BCUT2D eigenvalue weighted by molar-refractivity contribution is -0.138. The second kappa shape index (κ2) is 5.51. The molecule has 1 heterocycles. The van der Waals surface area contributed by atoms with Gasteiger partial charge < -0.3 is 15.4 Å². The van der Waals surface area contributed by atoms with Gasteiger partial charge in [-0.3, -0.25) is 9.59 Å². The average Bonchev–Trinajstić information content (AvgIpc) is 2.40. The molecule has 100 valence electrons. The topological polar surface area (TPSA) is 84.5 Å². The predicted molar refractivity (Wildman–Crippen MR) is 66.2 cm³/mol. The summed E-state index contributed by atoms with van der Waals surface area (Å²) in [6.07, 6.45) is -0.713. The van der Waals surface area contributed by atoms with Gasteiger partial charge in [0.2, 0.25) is 5.91 Å². The van der Waals surface area contributed by atoms with Crippen molar-refractivity contribution in [1.82, 2.24) is 10.6 Å². The standard InChI is InChI=1S/C13H14N2O4/c1-8(16)10-11(12(17)14-10)15-13(18)19-7-9-5-3-2-4-6-9/h2-6,10-11H,7H2,1H3,(H,14,17)(H,15,18). The molecule has 0 radical (unpaired) electrons. The van der Waals surface area contributed by atoms with Crippen LogP contribution in [0.25, 0.3) is 0 Å². The SMILES string of the molecule is CC(=O)C1NC(=O)C1NC(=O)OCc1ccccc1. The highest BCUT2D eigenvalue weighted by Crippen LogP contribution is 2.08. The maximum absolute atomic E-state index is 11.5. The summed E-state index contributed by atoms with van der Waals surface area (Å²) in [6, 6.07) is 7.68. The molecule has 1 aromatic rings. The van der Waals surface area contributed by atoms with Gasteiger partial charge in [-0.15, -0.1) is 0 Å². The number of amides is 2. The molecule has 0 bridgehead atoms. The second-order valence-corrected chi connectivity index (χ2v) is 4.28. The molecule has 6 heteroatoms. The minimum absolute atomic E-state index is 0.117. The number of benzene rings is 1. The first-order chi connectivity index (χ1) is 9.08. The number of Topliss-reactive ketones (excluding diaryl/α,β-unsaturated/α-hetero) is 1. The van der Waals surface area contributed by atoms with E-state index in [1.165, 1.54) is 6.92 Å². The van der Waals surface area contributed by atoms with Gasteiger partial charge in [0.15, 0.2) is 5.78 Å². The summed E-state index contributed by atoms with van der Waals surface area (Å²) < 4.78 is 4.97. The fraction of sp³-hybridized carbons (Fsp3) is 0.308. The van der Waals surface area contributed by atoms with Crippen LogP contribution in [0.1, 0.15) is 12.5 Å². The average molecular weight is 262 g/mol. The van der Waals surface area contributed by atoms with E-state index < -0.39 is 18.2 Å². The first-order valence-corrected chi connectivity index (χ1v) is 5.86. The van der Waals surface area contributed by atoms with Crippen LogP contribution in [0.3, 0.4) is 0 Å². The highest BCUT2D eigenvalue weighted by molar-refractivity contribution is 6.03. The van der Waals surface area contributed by atoms with E-state index in [9.17, 15) is 14.4 Å². The summed E-state index contributed by atoms with van der Waals surface area (Å²) in [6.45, 7) is 1.47. The molecular weight excluding hydrogens is 248 g/mol. The van der Waals surface area contributed by atoms with E-state index in [0.29, 0.717) is 0 Å². The van der Waals surface area contributed by atoms with Gasteiger partial charge in [0.25, 0.3) is 0 Å². The van der Waals surface area contributed by atoms with Crippen molar-refractivity contribution in [3.8, 4) is 0 Å². The molecule has 2 atom stereocenters. The fourth-order valence-electron chi connectivity index (χ4n) is 1.76. The maximum atomic E-state index is 11.5. The number of ketones is 1. The zero-order valence-corrected chi connectivity index (χ0v) is 10.4. The molecule has 1 saturated heterocycles. The number of alkyl carbamates (subject to hydrolysis) is 1. The molecule has 6 nitrogen and oxygen atoms in total. The fourth-order valence-corrected chi connectivity index (χ4v) is 1.76. The van der Waals surface area contributed by atoms with Crippen LogP contribution in [0.4, 0.5) is 4.79 Å². The van der Waals surface area contributed by atoms with Crippen LogP contribution in [0.15, 0.2) is 30.3 Å². The van der Waals surface area contributed by atoms with Crippen molar-refractivity contribution in [2.24, 2.45) is 0 Å². The van der Waals surface area contributed by atoms with Crippen LogP contribution in [-0.4, -0.2) is 29.9 Å². The molecule has 0 spiro atoms. The van der Waals surface area contributed by atoms with E-state index >= 15 is 0 Å². The van der Waals surface area contributed by atoms with Gasteiger partial charge in [-0.1, -0.05) is 30.3 Å². The molecule has 2 N–H and O–H groups in total. The largest absolute Gasteiger partial charge is 0.445 e. The Labute approximate surface area is 110 Å². The first kappa shape index (κ1) is 13.1.